The van der Waals surface area contributed by atoms with Gasteiger partial charge in [0.05, 0.1) is 0 Å². The number of aliphatic carboxylic acids is 1. The van der Waals surface area contributed by atoms with Crippen LogP contribution in [0.25, 0.3) is 0 Å². The lowest BCUT2D eigenvalue weighted by Crippen LogP contribution is -2.46. The lowest BCUT2D eigenvalue weighted by molar-refractivity contribution is -0.152. The summed E-state index contributed by atoms with van der Waals surface area (Å²) in [4.78, 5) is 17.0. The van der Waals surface area contributed by atoms with Crippen molar-refractivity contribution in [3.63, 3.8) is 0 Å². The van der Waals surface area contributed by atoms with E-state index >= 15 is 0 Å². The third-order valence-corrected chi connectivity index (χ3v) is 3.22. The molecule has 1 aliphatic rings. The Kier molecular flexibility index (Phi) is 3.00. The SMILES string of the molecule is Cc1cccnc1N1CCC(F)(C(=O)O)CC1. The topological polar surface area (TPSA) is 53.4 Å². The quantitative estimate of drug-likeness (QED) is 0.853. The summed E-state index contributed by atoms with van der Waals surface area (Å²) in [5.74, 6) is -0.533. The van der Waals surface area contributed by atoms with E-state index in [1.165, 1.54) is 0 Å². The molecule has 0 bridgehead atoms. The minimum Gasteiger partial charge on any atom is -0.479 e. The summed E-state index contributed by atoms with van der Waals surface area (Å²) in [6, 6.07) is 3.79. The fourth-order valence-corrected chi connectivity index (χ4v) is 2.10. The van der Waals surface area contributed by atoms with Gasteiger partial charge in [-0.25, -0.2) is 14.2 Å². The minimum atomic E-state index is -2.07. The highest BCUT2D eigenvalue weighted by Gasteiger charge is 2.42. The van der Waals surface area contributed by atoms with E-state index in [0.717, 1.165) is 11.4 Å². The summed E-state index contributed by atoms with van der Waals surface area (Å²) in [7, 11) is 0. The molecule has 0 spiro atoms. The van der Waals surface area contributed by atoms with Crippen molar-refractivity contribution in [2.45, 2.75) is 25.4 Å². The number of halogens is 1. The maximum atomic E-state index is 13.8. The van der Waals surface area contributed by atoms with E-state index in [1.807, 2.05) is 24.0 Å². The first-order chi connectivity index (χ1) is 8.03. The predicted molar refractivity (Wildman–Crippen MR) is 61.9 cm³/mol. The molecule has 1 aliphatic heterocycles. The molecule has 17 heavy (non-hydrogen) atoms. The summed E-state index contributed by atoms with van der Waals surface area (Å²) in [5.41, 5.74) is -1.05. The Morgan fingerprint density at radius 2 is 2.18 bits per heavy atom. The second-order valence-corrected chi connectivity index (χ2v) is 4.40. The summed E-state index contributed by atoms with van der Waals surface area (Å²) in [6.45, 7) is 2.72. The van der Waals surface area contributed by atoms with Gasteiger partial charge < -0.3 is 10.0 Å². The number of carbonyl (C=O) groups is 1. The monoisotopic (exact) mass is 238 g/mol. The molecule has 0 unspecified atom stereocenters. The van der Waals surface area contributed by atoms with Crippen LogP contribution in [0.5, 0.6) is 0 Å². The zero-order valence-corrected chi connectivity index (χ0v) is 9.69. The van der Waals surface area contributed by atoms with Crippen molar-refractivity contribution in [2.24, 2.45) is 0 Å². The Morgan fingerprint density at radius 3 is 2.71 bits per heavy atom. The number of hydrogen-bond acceptors (Lipinski definition) is 3. The number of aryl methyl sites for hydroxylation is 1. The Labute approximate surface area is 99.1 Å². The average Bonchev–Trinajstić information content (AvgIpc) is 2.31. The van der Waals surface area contributed by atoms with Crippen LogP contribution in [0.1, 0.15) is 18.4 Å². The van der Waals surface area contributed by atoms with Crippen molar-refractivity contribution in [3.8, 4) is 0 Å². The van der Waals surface area contributed by atoms with Crippen molar-refractivity contribution >= 4 is 11.8 Å². The van der Waals surface area contributed by atoms with Crippen LogP contribution in [-0.2, 0) is 4.79 Å². The van der Waals surface area contributed by atoms with Gasteiger partial charge in [0, 0.05) is 32.1 Å². The van der Waals surface area contributed by atoms with Gasteiger partial charge in [-0.05, 0) is 18.6 Å². The number of carboxylic acid groups (broad SMARTS) is 1. The Morgan fingerprint density at radius 1 is 1.53 bits per heavy atom. The van der Waals surface area contributed by atoms with Crippen LogP contribution in [0, 0.1) is 6.92 Å². The van der Waals surface area contributed by atoms with E-state index in [9.17, 15) is 9.18 Å². The van der Waals surface area contributed by atoms with Crippen LogP contribution < -0.4 is 4.90 Å². The maximum absolute atomic E-state index is 13.8. The molecule has 0 radical (unpaired) electrons. The fraction of sp³-hybridized carbons (Fsp3) is 0.500. The lowest BCUT2D eigenvalue weighted by atomic mass is 9.93. The molecule has 4 nitrogen and oxygen atoms in total. The molecular formula is C12H15FN2O2. The van der Waals surface area contributed by atoms with E-state index in [1.54, 1.807) is 6.20 Å². The molecule has 1 aromatic heterocycles. The van der Waals surface area contributed by atoms with Gasteiger partial charge in [0.25, 0.3) is 0 Å². The van der Waals surface area contributed by atoms with Gasteiger partial charge >= 0.3 is 5.97 Å². The molecule has 0 amide bonds. The highest BCUT2D eigenvalue weighted by atomic mass is 19.1. The number of aromatic nitrogens is 1. The summed E-state index contributed by atoms with van der Waals surface area (Å²) in [6.07, 6.45) is 1.72. The second-order valence-electron chi connectivity index (χ2n) is 4.40. The molecule has 1 aromatic rings. The lowest BCUT2D eigenvalue weighted by Gasteiger charge is -2.35. The zero-order chi connectivity index (χ0) is 12.5. The largest absolute Gasteiger partial charge is 0.479 e. The van der Waals surface area contributed by atoms with Crippen LogP contribution in [0.3, 0.4) is 0 Å². The maximum Gasteiger partial charge on any atom is 0.341 e. The van der Waals surface area contributed by atoms with Crippen LogP contribution in [0.2, 0.25) is 0 Å². The molecule has 5 heteroatoms. The zero-order valence-electron chi connectivity index (χ0n) is 9.69. The molecule has 1 N–H and O–H groups in total. The van der Waals surface area contributed by atoms with Crippen molar-refractivity contribution < 1.29 is 14.3 Å². The van der Waals surface area contributed by atoms with E-state index in [0.29, 0.717) is 13.1 Å². The number of nitrogens with zero attached hydrogens (tertiary/aromatic N) is 2. The molecule has 0 aromatic carbocycles. The first kappa shape index (κ1) is 11.8. The number of hydrogen-bond donors (Lipinski definition) is 1. The number of rotatable bonds is 2. The van der Waals surface area contributed by atoms with E-state index in [-0.39, 0.29) is 12.8 Å². The Hall–Kier alpha value is -1.65. The van der Waals surface area contributed by atoms with Gasteiger partial charge in [-0.3, -0.25) is 0 Å². The second kappa shape index (κ2) is 4.31. The minimum absolute atomic E-state index is 0.0122. The molecule has 1 fully saturated rings. The molecule has 92 valence electrons. The Balaban J connectivity index is 2.10. The molecule has 0 aliphatic carbocycles. The molecular weight excluding hydrogens is 223 g/mol. The number of alkyl halides is 1. The van der Waals surface area contributed by atoms with E-state index in [4.69, 9.17) is 5.11 Å². The van der Waals surface area contributed by atoms with Gasteiger partial charge in [0.15, 0.2) is 0 Å². The van der Waals surface area contributed by atoms with Crippen molar-refractivity contribution in [1.29, 1.82) is 0 Å². The molecule has 0 saturated carbocycles. The van der Waals surface area contributed by atoms with Gasteiger partial charge in [-0.1, -0.05) is 6.07 Å². The predicted octanol–water partition coefficient (Wildman–Crippen LogP) is 1.78. The standard InChI is InChI=1S/C12H15FN2O2/c1-9-3-2-6-14-10(9)15-7-4-12(13,5-8-15)11(16)17/h2-3,6H,4-5,7-8H2,1H3,(H,16,17). The van der Waals surface area contributed by atoms with E-state index in [2.05, 4.69) is 4.98 Å². The Bertz CT molecular complexity index is 428. The van der Waals surface area contributed by atoms with Crippen LogP contribution in [0.15, 0.2) is 18.3 Å². The number of carboxylic acids is 1. The smallest absolute Gasteiger partial charge is 0.341 e. The summed E-state index contributed by atoms with van der Waals surface area (Å²) in [5, 5.41) is 8.80. The van der Waals surface area contributed by atoms with Gasteiger partial charge in [-0.15, -0.1) is 0 Å². The molecule has 1 saturated heterocycles. The first-order valence-corrected chi connectivity index (χ1v) is 5.62. The molecule has 2 heterocycles. The van der Waals surface area contributed by atoms with Gasteiger partial charge in [0.2, 0.25) is 5.67 Å². The van der Waals surface area contributed by atoms with Crippen molar-refractivity contribution in [2.75, 3.05) is 18.0 Å². The summed E-state index contributed by atoms with van der Waals surface area (Å²) < 4.78 is 13.8. The highest BCUT2D eigenvalue weighted by Crippen LogP contribution is 2.29. The van der Waals surface area contributed by atoms with Crippen LogP contribution >= 0.6 is 0 Å². The number of pyridine rings is 1. The average molecular weight is 238 g/mol. The summed E-state index contributed by atoms with van der Waals surface area (Å²) >= 11 is 0. The van der Waals surface area contributed by atoms with Crippen molar-refractivity contribution in [1.82, 2.24) is 4.98 Å². The van der Waals surface area contributed by atoms with Crippen molar-refractivity contribution in [3.05, 3.63) is 23.9 Å². The number of piperidine rings is 1. The molecule has 0 atom stereocenters. The van der Waals surface area contributed by atoms with E-state index < -0.39 is 11.6 Å². The first-order valence-electron chi connectivity index (χ1n) is 5.62. The van der Waals surface area contributed by atoms with Gasteiger partial charge in [-0.2, -0.15) is 0 Å². The molecule has 2 rings (SSSR count). The third-order valence-electron chi connectivity index (χ3n) is 3.22. The highest BCUT2D eigenvalue weighted by molar-refractivity contribution is 5.77. The third kappa shape index (κ3) is 2.23. The van der Waals surface area contributed by atoms with Crippen LogP contribution in [-0.4, -0.2) is 34.8 Å². The fourth-order valence-electron chi connectivity index (χ4n) is 2.10. The van der Waals surface area contributed by atoms with Crippen LogP contribution in [0.4, 0.5) is 10.2 Å². The van der Waals surface area contributed by atoms with Gasteiger partial charge in [0.1, 0.15) is 5.82 Å². The normalized spacial score (nSPS) is 19.1. The number of anilines is 1.